The highest BCUT2D eigenvalue weighted by molar-refractivity contribution is 7.91. The van der Waals surface area contributed by atoms with Gasteiger partial charge in [-0.1, -0.05) is 18.2 Å². The van der Waals surface area contributed by atoms with Crippen molar-refractivity contribution >= 4 is 37.4 Å². The molecule has 0 saturated carbocycles. The molecular weight excluding hydrogens is 360 g/mol. The van der Waals surface area contributed by atoms with Crippen molar-refractivity contribution in [1.29, 1.82) is 0 Å². The number of fused-ring (bicyclic) bond motifs is 2. The third kappa shape index (κ3) is 2.84. The molecule has 0 fully saturated rings. The fourth-order valence-electron chi connectivity index (χ4n) is 2.97. The molecule has 0 saturated heterocycles. The number of amides is 1. The molecule has 0 unspecified atom stereocenters. The molecule has 7 nitrogen and oxygen atoms in total. The van der Waals surface area contributed by atoms with Gasteiger partial charge >= 0.3 is 0 Å². The number of carbonyl (C=O) groups excluding carboxylic acids is 1. The normalized spacial score (nSPS) is 15.8. The predicted octanol–water partition coefficient (Wildman–Crippen LogP) is 1.44. The third-order valence-corrected chi connectivity index (χ3v) is 7.75. The van der Waals surface area contributed by atoms with Crippen molar-refractivity contribution in [2.45, 2.75) is 17.2 Å². The highest BCUT2D eigenvalue weighted by atomic mass is 32.2. The fourth-order valence-corrected chi connectivity index (χ4v) is 5.96. The number of rotatable bonds is 3. The van der Waals surface area contributed by atoms with Gasteiger partial charge in [-0.3, -0.25) is 4.79 Å². The van der Waals surface area contributed by atoms with E-state index in [0.717, 1.165) is 10.1 Å². The molecule has 0 atom stereocenters. The molecule has 1 amide bonds. The minimum absolute atomic E-state index is 0.218. The van der Waals surface area contributed by atoms with Crippen molar-refractivity contribution in [1.82, 2.24) is 13.9 Å². The van der Waals surface area contributed by atoms with E-state index in [2.05, 4.69) is 4.98 Å². The molecule has 0 spiro atoms. The van der Waals surface area contributed by atoms with Gasteiger partial charge in [-0.2, -0.15) is 4.31 Å². The van der Waals surface area contributed by atoms with Crippen LogP contribution in [0.1, 0.15) is 16.3 Å². The van der Waals surface area contributed by atoms with Crippen LogP contribution in [0.15, 0.2) is 40.7 Å². The summed E-state index contributed by atoms with van der Waals surface area (Å²) in [5.74, 6) is 0.109. The number of thiophene rings is 1. The van der Waals surface area contributed by atoms with Gasteiger partial charge in [0.2, 0.25) is 0 Å². The van der Waals surface area contributed by atoms with Gasteiger partial charge in [0.15, 0.2) is 0 Å². The van der Waals surface area contributed by atoms with Gasteiger partial charge in [0.05, 0.1) is 0 Å². The molecule has 0 bridgehead atoms. The average molecular weight is 376 g/mol. The number of nitrogens with zero attached hydrogens (tertiary/aromatic N) is 3. The Morgan fingerprint density at radius 1 is 1.20 bits per heavy atom. The van der Waals surface area contributed by atoms with E-state index in [4.69, 9.17) is 5.73 Å². The highest BCUT2D eigenvalue weighted by Crippen LogP contribution is 2.31. The van der Waals surface area contributed by atoms with E-state index in [1.165, 1.54) is 15.6 Å². The molecule has 0 aliphatic carbocycles. The average Bonchev–Trinajstić information content (AvgIpc) is 3.14. The summed E-state index contributed by atoms with van der Waals surface area (Å²) >= 11 is 1.28. The highest BCUT2D eigenvalue weighted by Gasteiger charge is 2.29. The SMILES string of the molecule is NC(=O)c1cn2c(n1)CCN(S(=O)(=O)c1cc3ccccc3s1)CC2. The lowest BCUT2D eigenvalue weighted by atomic mass is 10.3. The second kappa shape index (κ2) is 5.94. The van der Waals surface area contributed by atoms with Crippen LogP contribution in [0, 0.1) is 0 Å². The third-order valence-electron chi connectivity index (χ3n) is 4.28. The van der Waals surface area contributed by atoms with Gasteiger partial charge in [0, 0.05) is 37.0 Å². The van der Waals surface area contributed by atoms with Gasteiger partial charge in [-0.25, -0.2) is 13.4 Å². The zero-order chi connectivity index (χ0) is 17.6. The van der Waals surface area contributed by atoms with Crippen LogP contribution in [-0.4, -0.2) is 41.3 Å². The second-order valence-corrected chi connectivity index (χ2v) is 9.11. The number of primary amides is 1. The first-order valence-corrected chi connectivity index (χ1v) is 10.1. The molecule has 1 aromatic carbocycles. The molecule has 1 aliphatic rings. The van der Waals surface area contributed by atoms with Gasteiger partial charge in [0.25, 0.3) is 15.9 Å². The Bertz CT molecular complexity index is 1010. The number of carbonyl (C=O) groups is 1. The smallest absolute Gasteiger partial charge is 0.268 e. The van der Waals surface area contributed by atoms with Gasteiger partial charge < -0.3 is 10.3 Å². The lowest BCUT2D eigenvalue weighted by Crippen LogP contribution is -2.33. The van der Waals surface area contributed by atoms with Crippen molar-refractivity contribution in [2.24, 2.45) is 5.73 Å². The van der Waals surface area contributed by atoms with Crippen molar-refractivity contribution in [3.8, 4) is 0 Å². The first-order valence-electron chi connectivity index (χ1n) is 7.80. The molecule has 1 aliphatic heterocycles. The van der Waals surface area contributed by atoms with Crippen LogP contribution >= 0.6 is 11.3 Å². The molecule has 130 valence electrons. The molecule has 9 heteroatoms. The lowest BCUT2D eigenvalue weighted by molar-refractivity contribution is 0.0995. The van der Waals surface area contributed by atoms with Crippen LogP contribution in [0.2, 0.25) is 0 Å². The van der Waals surface area contributed by atoms with Crippen LogP contribution < -0.4 is 5.73 Å². The largest absolute Gasteiger partial charge is 0.364 e. The zero-order valence-electron chi connectivity index (χ0n) is 13.3. The number of benzene rings is 1. The minimum Gasteiger partial charge on any atom is -0.364 e. The van der Waals surface area contributed by atoms with Crippen molar-refractivity contribution in [2.75, 3.05) is 13.1 Å². The van der Waals surface area contributed by atoms with E-state index in [-0.39, 0.29) is 5.69 Å². The van der Waals surface area contributed by atoms with E-state index in [1.54, 1.807) is 16.8 Å². The predicted molar refractivity (Wildman–Crippen MR) is 95.0 cm³/mol. The van der Waals surface area contributed by atoms with Crippen molar-refractivity contribution in [3.63, 3.8) is 0 Å². The van der Waals surface area contributed by atoms with Gasteiger partial charge in [-0.15, -0.1) is 11.3 Å². The maximum absolute atomic E-state index is 13.0. The summed E-state index contributed by atoms with van der Waals surface area (Å²) < 4.78 is 30.6. The fraction of sp³-hybridized carbons (Fsp3) is 0.250. The number of aromatic nitrogens is 2. The lowest BCUT2D eigenvalue weighted by Gasteiger charge is -2.18. The molecule has 3 heterocycles. The Morgan fingerprint density at radius 3 is 2.76 bits per heavy atom. The quantitative estimate of drug-likeness (QED) is 0.748. The van der Waals surface area contributed by atoms with Gasteiger partial charge in [-0.05, 0) is 17.5 Å². The van der Waals surface area contributed by atoms with Crippen LogP contribution in [0.4, 0.5) is 0 Å². The van der Waals surface area contributed by atoms with Crippen LogP contribution in [0.3, 0.4) is 0 Å². The van der Waals surface area contributed by atoms with E-state index >= 15 is 0 Å². The standard InChI is InChI=1S/C16H16N4O3S2/c17-16(21)12-10-19-7-8-20(6-5-14(19)18-12)25(22,23)15-9-11-3-1-2-4-13(11)24-15/h1-4,9-10H,5-8H2,(H2,17,21). The monoisotopic (exact) mass is 376 g/mol. The molecule has 0 radical (unpaired) electrons. The Morgan fingerprint density at radius 2 is 2.00 bits per heavy atom. The summed E-state index contributed by atoms with van der Waals surface area (Å²) in [6, 6.07) is 9.35. The van der Waals surface area contributed by atoms with E-state index in [1.807, 2.05) is 24.3 Å². The second-order valence-electron chi connectivity index (χ2n) is 5.86. The summed E-state index contributed by atoms with van der Waals surface area (Å²) in [4.78, 5) is 15.4. The number of hydrogen-bond donors (Lipinski definition) is 1. The summed E-state index contributed by atoms with van der Waals surface area (Å²) in [5, 5.41) is 0.930. The van der Waals surface area contributed by atoms with E-state index in [0.29, 0.717) is 36.1 Å². The zero-order valence-corrected chi connectivity index (χ0v) is 14.9. The van der Waals surface area contributed by atoms with Crippen LogP contribution in [-0.2, 0) is 23.0 Å². The minimum atomic E-state index is -3.55. The topological polar surface area (TPSA) is 98.3 Å². The summed E-state index contributed by atoms with van der Waals surface area (Å²) in [6.45, 7) is 1.10. The molecule has 2 N–H and O–H groups in total. The number of sulfonamides is 1. The van der Waals surface area contributed by atoms with E-state index in [9.17, 15) is 13.2 Å². The number of nitrogens with two attached hydrogens (primary N) is 1. The summed E-state index contributed by atoms with van der Waals surface area (Å²) in [5.41, 5.74) is 5.47. The summed E-state index contributed by atoms with van der Waals surface area (Å²) in [7, 11) is -3.55. The molecular formula is C16H16N4O3S2. The number of imidazole rings is 1. The molecule has 4 rings (SSSR count). The Balaban J connectivity index is 1.61. The Labute approximate surface area is 148 Å². The first kappa shape index (κ1) is 16.2. The van der Waals surface area contributed by atoms with Crippen LogP contribution in [0.25, 0.3) is 10.1 Å². The first-order chi connectivity index (χ1) is 11.9. The Kier molecular flexibility index (Phi) is 3.86. The summed E-state index contributed by atoms with van der Waals surface area (Å²) in [6.07, 6.45) is 2.03. The van der Waals surface area contributed by atoms with Crippen LogP contribution in [0.5, 0.6) is 0 Å². The molecule has 2 aromatic heterocycles. The van der Waals surface area contributed by atoms with Gasteiger partial charge in [0.1, 0.15) is 15.7 Å². The Hall–Kier alpha value is -2.23. The molecule has 3 aromatic rings. The van der Waals surface area contributed by atoms with E-state index < -0.39 is 15.9 Å². The molecule has 25 heavy (non-hydrogen) atoms. The maximum Gasteiger partial charge on any atom is 0.268 e. The van der Waals surface area contributed by atoms with Crippen molar-refractivity contribution in [3.05, 3.63) is 48.0 Å². The maximum atomic E-state index is 13.0. The van der Waals surface area contributed by atoms with Crippen molar-refractivity contribution < 1.29 is 13.2 Å². The number of hydrogen-bond acceptors (Lipinski definition) is 5.